The lowest BCUT2D eigenvalue weighted by atomic mass is 10.1. The first-order valence-corrected chi connectivity index (χ1v) is 8.64. The summed E-state index contributed by atoms with van der Waals surface area (Å²) in [5, 5.41) is 6.20. The average Bonchev–Trinajstić information content (AvgIpc) is 3.06. The predicted octanol–water partition coefficient (Wildman–Crippen LogP) is 4.05. The highest BCUT2D eigenvalue weighted by atomic mass is 16.3. The third-order valence-corrected chi connectivity index (χ3v) is 4.48. The van der Waals surface area contributed by atoms with E-state index >= 15 is 0 Å². The van der Waals surface area contributed by atoms with Crippen LogP contribution in [0, 0.1) is 0 Å². The molecule has 3 rings (SSSR count). The fourth-order valence-corrected chi connectivity index (χ4v) is 3.04. The van der Waals surface area contributed by atoms with Gasteiger partial charge >= 0.3 is 0 Å². The summed E-state index contributed by atoms with van der Waals surface area (Å²) in [7, 11) is 0. The first-order valence-electron chi connectivity index (χ1n) is 8.64. The maximum absolute atomic E-state index is 12.3. The second-order valence-electron chi connectivity index (χ2n) is 5.95. The molecule has 3 aromatic rings. The number of amides is 1. The molecule has 0 aliphatic rings. The third-order valence-electron chi connectivity index (χ3n) is 4.48. The van der Waals surface area contributed by atoms with E-state index in [9.17, 15) is 4.79 Å². The Hall–Kier alpha value is -2.33. The van der Waals surface area contributed by atoms with Crippen LogP contribution in [0.25, 0.3) is 21.7 Å². The van der Waals surface area contributed by atoms with Gasteiger partial charge in [-0.1, -0.05) is 44.2 Å². The van der Waals surface area contributed by atoms with Crippen molar-refractivity contribution in [1.29, 1.82) is 0 Å². The molecule has 4 nitrogen and oxygen atoms in total. The minimum absolute atomic E-state index is 0.144. The molecule has 2 aromatic carbocycles. The van der Waals surface area contributed by atoms with E-state index < -0.39 is 0 Å². The van der Waals surface area contributed by atoms with Crippen LogP contribution in [0.15, 0.2) is 46.9 Å². The van der Waals surface area contributed by atoms with E-state index in [1.54, 1.807) is 0 Å². The fourth-order valence-electron chi connectivity index (χ4n) is 3.04. The van der Waals surface area contributed by atoms with Gasteiger partial charge in [-0.25, -0.2) is 0 Å². The summed E-state index contributed by atoms with van der Waals surface area (Å²) in [5.74, 6) is 0.235. The van der Waals surface area contributed by atoms with E-state index in [0.717, 1.165) is 47.8 Å². The minimum atomic E-state index is -0.144. The van der Waals surface area contributed by atoms with Gasteiger partial charge in [0.1, 0.15) is 5.58 Å². The number of nitrogens with one attached hydrogen (secondary N) is 1. The van der Waals surface area contributed by atoms with Crippen molar-refractivity contribution in [3.05, 3.63) is 48.2 Å². The number of benzene rings is 2. The minimum Gasteiger partial charge on any atom is -0.451 e. The zero-order valence-electron chi connectivity index (χ0n) is 14.3. The Morgan fingerprint density at radius 2 is 1.88 bits per heavy atom. The van der Waals surface area contributed by atoms with Crippen LogP contribution in [0.3, 0.4) is 0 Å². The predicted molar refractivity (Wildman–Crippen MR) is 98.5 cm³/mol. The summed E-state index contributed by atoms with van der Waals surface area (Å²) >= 11 is 0. The molecule has 1 heterocycles. The topological polar surface area (TPSA) is 45.5 Å². The third kappa shape index (κ3) is 3.44. The lowest BCUT2D eigenvalue weighted by Gasteiger charge is -2.17. The summed E-state index contributed by atoms with van der Waals surface area (Å²) in [6.45, 7) is 8.05. The molecule has 0 unspecified atom stereocenters. The molecule has 0 bridgehead atoms. The molecule has 4 heteroatoms. The Labute approximate surface area is 142 Å². The molecule has 0 saturated carbocycles. The van der Waals surface area contributed by atoms with Gasteiger partial charge < -0.3 is 14.6 Å². The van der Waals surface area contributed by atoms with Crippen molar-refractivity contribution in [2.45, 2.75) is 20.3 Å². The summed E-state index contributed by atoms with van der Waals surface area (Å²) < 4.78 is 5.74. The second kappa shape index (κ2) is 7.49. The Morgan fingerprint density at radius 3 is 2.67 bits per heavy atom. The highest BCUT2D eigenvalue weighted by Gasteiger charge is 2.13. The van der Waals surface area contributed by atoms with Crippen LogP contribution in [0.1, 0.15) is 30.8 Å². The van der Waals surface area contributed by atoms with Crippen molar-refractivity contribution < 1.29 is 9.21 Å². The SMILES string of the molecule is CCN(CC)CCCNC(=O)c1cc2c(ccc3ccccc32)o1. The van der Waals surface area contributed by atoms with E-state index in [1.165, 1.54) is 0 Å². The summed E-state index contributed by atoms with van der Waals surface area (Å²) in [6.07, 6.45) is 0.941. The average molecular weight is 324 g/mol. The lowest BCUT2D eigenvalue weighted by molar-refractivity contribution is 0.0926. The molecule has 0 fully saturated rings. The second-order valence-corrected chi connectivity index (χ2v) is 5.95. The van der Waals surface area contributed by atoms with Gasteiger partial charge in [0.05, 0.1) is 0 Å². The molecule has 0 radical (unpaired) electrons. The number of fused-ring (bicyclic) bond motifs is 3. The summed E-state index contributed by atoms with van der Waals surface area (Å²) in [4.78, 5) is 14.7. The van der Waals surface area contributed by atoms with E-state index in [2.05, 4.69) is 36.2 Å². The monoisotopic (exact) mass is 324 g/mol. The number of nitrogens with zero attached hydrogens (tertiary/aromatic N) is 1. The first kappa shape index (κ1) is 16.5. The Balaban J connectivity index is 1.68. The van der Waals surface area contributed by atoms with E-state index in [4.69, 9.17) is 4.42 Å². The highest BCUT2D eigenvalue weighted by molar-refractivity contribution is 6.08. The zero-order chi connectivity index (χ0) is 16.9. The fraction of sp³-hybridized carbons (Fsp3) is 0.350. The molecule has 1 aromatic heterocycles. The standard InChI is InChI=1S/C20H24N2O2/c1-3-22(4-2)13-7-12-21-20(23)19-14-17-16-9-6-5-8-15(16)10-11-18(17)24-19/h5-6,8-11,14H,3-4,7,12-13H2,1-2H3,(H,21,23). The molecule has 1 amide bonds. The van der Waals surface area contributed by atoms with Crippen LogP contribution >= 0.6 is 0 Å². The van der Waals surface area contributed by atoms with E-state index in [0.29, 0.717) is 12.3 Å². The summed E-state index contributed by atoms with van der Waals surface area (Å²) in [5.41, 5.74) is 0.752. The quantitative estimate of drug-likeness (QED) is 0.667. The maximum atomic E-state index is 12.3. The molecular formula is C20H24N2O2. The molecule has 0 atom stereocenters. The van der Waals surface area contributed by atoms with Gasteiger partial charge in [0.15, 0.2) is 5.76 Å². The highest BCUT2D eigenvalue weighted by Crippen LogP contribution is 2.28. The number of hydrogen-bond acceptors (Lipinski definition) is 3. The molecule has 0 spiro atoms. The van der Waals surface area contributed by atoms with Gasteiger partial charge in [-0.15, -0.1) is 0 Å². The number of furan rings is 1. The number of hydrogen-bond donors (Lipinski definition) is 1. The van der Waals surface area contributed by atoms with Gasteiger partial charge in [-0.05, 0) is 49.0 Å². The lowest BCUT2D eigenvalue weighted by Crippen LogP contribution is -2.29. The Bertz CT molecular complexity index is 834. The number of rotatable bonds is 7. The van der Waals surface area contributed by atoms with Crippen molar-refractivity contribution in [3.8, 4) is 0 Å². The van der Waals surface area contributed by atoms with E-state index in [1.807, 2.05) is 30.3 Å². The Morgan fingerprint density at radius 1 is 1.08 bits per heavy atom. The van der Waals surface area contributed by atoms with Gasteiger partial charge in [0.25, 0.3) is 5.91 Å². The van der Waals surface area contributed by atoms with Crippen LogP contribution in [0.5, 0.6) is 0 Å². The molecule has 0 aliphatic heterocycles. The van der Waals surface area contributed by atoms with Gasteiger partial charge in [-0.3, -0.25) is 4.79 Å². The summed E-state index contributed by atoms with van der Waals surface area (Å²) in [6, 6.07) is 13.9. The van der Waals surface area contributed by atoms with Gasteiger partial charge in [0.2, 0.25) is 0 Å². The molecule has 0 saturated heterocycles. The first-order chi connectivity index (χ1) is 11.7. The van der Waals surface area contributed by atoms with Gasteiger partial charge in [-0.2, -0.15) is 0 Å². The Kier molecular flexibility index (Phi) is 5.16. The van der Waals surface area contributed by atoms with Crippen molar-refractivity contribution in [1.82, 2.24) is 10.2 Å². The van der Waals surface area contributed by atoms with Crippen molar-refractivity contribution in [2.75, 3.05) is 26.2 Å². The molecule has 126 valence electrons. The number of carbonyl (C=O) groups is 1. The van der Waals surface area contributed by atoms with Gasteiger partial charge in [0, 0.05) is 11.9 Å². The molecule has 1 N–H and O–H groups in total. The normalized spacial score (nSPS) is 11.5. The largest absolute Gasteiger partial charge is 0.451 e. The van der Waals surface area contributed by atoms with Crippen LogP contribution < -0.4 is 5.32 Å². The van der Waals surface area contributed by atoms with Crippen molar-refractivity contribution in [2.24, 2.45) is 0 Å². The van der Waals surface area contributed by atoms with Crippen LogP contribution in [0.4, 0.5) is 0 Å². The van der Waals surface area contributed by atoms with Crippen molar-refractivity contribution >= 4 is 27.6 Å². The smallest absolute Gasteiger partial charge is 0.287 e. The maximum Gasteiger partial charge on any atom is 0.287 e. The van der Waals surface area contributed by atoms with Crippen LogP contribution in [-0.2, 0) is 0 Å². The molecular weight excluding hydrogens is 300 g/mol. The van der Waals surface area contributed by atoms with Crippen LogP contribution in [-0.4, -0.2) is 37.0 Å². The molecule has 24 heavy (non-hydrogen) atoms. The zero-order valence-corrected chi connectivity index (χ0v) is 14.3. The number of carbonyl (C=O) groups excluding carboxylic acids is 1. The van der Waals surface area contributed by atoms with Crippen molar-refractivity contribution in [3.63, 3.8) is 0 Å². The van der Waals surface area contributed by atoms with E-state index in [-0.39, 0.29) is 5.91 Å². The molecule has 0 aliphatic carbocycles. The van der Waals surface area contributed by atoms with Crippen LogP contribution in [0.2, 0.25) is 0 Å².